The van der Waals surface area contributed by atoms with E-state index in [1.807, 2.05) is 43.3 Å². The van der Waals surface area contributed by atoms with Gasteiger partial charge in [-0.25, -0.2) is 5.43 Å². The van der Waals surface area contributed by atoms with E-state index in [9.17, 15) is 14.9 Å². The van der Waals surface area contributed by atoms with E-state index in [1.54, 1.807) is 6.07 Å². The van der Waals surface area contributed by atoms with E-state index in [2.05, 4.69) is 10.5 Å². The van der Waals surface area contributed by atoms with Gasteiger partial charge in [-0.1, -0.05) is 48.5 Å². The molecule has 0 bridgehead atoms. The molecule has 0 saturated heterocycles. The molecule has 0 radical (unpaired) electrons. The SMILES string of the molecule is CC(/C=N\NC(=O)[C@@H](C)Oc1ccccc1[N+](=O)[O-])=C/c1ccccc1. The number of para-hydroxylation sites is 2. The molecule has 7 heteroatoms. The van der Waals surface area contributed by atoms with Crippen molar-refractivity contribution in [1.29, 1.82) is 0 Å². The van der Waals surface area contributed by atoms with Crippen LogP contribution >= 0.6 is 0 Å². The van der Waals surface area contributed by atoms with E-state index in [4.69, 9.17) is 4.74 Å². The van der Waals surface area contributed by atoms with Gasteiger partial charge in [0.25, 0.3) is 5.91 Å². The Bertz CT molecular complexity index is 832. The van der Waals surface area contributed by atoms with Gasteiger partial charge in [-0.3, -0.25) is 14.9 Å². The molecule has 0 aromatic heterocycles. The number of nitrogens with zero attached hydrogens (tertiary/aromatic N) is 2. The Labute approximate surface area is 151 Å². The lowest BCUT2D eigenvalue weighted by molar-refractivity contribution is -0.386. The summed E-state index contributed by atoms with van der Waals surface area (Å²) in [5.41, 5.74) is 4.04. The third kappa shape index (κ3) is 5.55. The number of rotatable bonds is 7. The highest BCUT2D eigenvalue weighted by Crippen LogP contribution is 2.26. The highest BCUT2D eigenvalue weighted by molar-refractivity contribution is 5.87. The van der Waals surface area contributed by atoms with Crippen molar-refractivity contribution in [3.63, 3.8) is 0 Å². The molecule has 134 valence electrons. The molecule has 0 spiro atoms. The normalized spacial score (nSPS) is 12.6. The molecule has 2 rings (SSSR count). The van der Waals surface area contributed by atoms with Crippen molar-refractivity contribution in [3.8, 4) is 5.75 Å². The van der Waals surface area contributed by atoms with Crippen LogP contribution in [0.2, 0.25) is 0 Å². The summed E-state index contributed by atoms with van der Waals surface area (Å²) in [4.78, 5) is 22.4. The summed E-state index contributed by atoms with van der Waals surface area (Å²) < 4.78 is 5.38. The molecule has 1 N–H and O–H groups in total. The average Bonchev–Trinajstić information content (AvgIpc) is 2.62. The topological polar surface area (TPSA) is 93.8 Å². The van der Waals surface area contributed by atoms with Gasteiger partial charge in [0.1, 0.15) is 0 Å². The summed E-state index contributed by atoms with van der Waals surface area (Å²) in [6.45, 7) is 3.35. The summed E-state index contributed by atoms with van der Waals surface area (Å²) in [5, 5.41) is 14.8. The van der Waals surface area contributed by atoms with Crippen LogP contribution in [0.1, 0.15) is 19.4 Å². The molecule has 0 aliphatic heterocycles. The van der Waals surface area contributed by atoms with Crippen molar-refractivity contribution in [3.05, 3.63) is 75.8 Å². The number of hydrazone groups is 1. The summed E-state index contributed by atoms with van der Waals surface area (Å²) in [5.74, 6) is -0.476. The second kappa shape index (κ2) is 9.12. The highest BCUT2D eigenvalue weighted by Gasteiger charge is 2.20. The molecule has 0 heterocycles. The summed E-state index contributed by atoms with van der Waals surface area (Å²) in [7, 11) is 0. The Morgan fingerprint density at radius 1 is 1.19 bits per heavy atom. The van der Waals surface area contributed by atoms with Gasteiger partial charge in [-0.15, -0.1) is 0 Å². The first-order valence-corrected chi connectivity index (χ1v) is 7.93. The number of carbonyl (C=O) groups is 1. The van der Waals surface area contributed by atoms with Gasteiger partial charge >= 0.3 is 5.69 Å². The van der Waals surface area contributed by atoms with Crippen LogP contribution in [0.15, 0.2) is 65.3 Å². The molecule has 0 aliphatic rings. The second-order valence-corrected chi connectivity index (χ2v) is 5.52. The Morgan fingerprint density at radius 3 is 2.54 bits per heavy atom. The number of carbonyl (C=O) groups excluding carboxylic acids is 1. The first-order valence-electron chi connectivity index (χ1n) is 7.93. The fourth-order valence-corrected chi connectivity index (χ4v) is 2.09. The minimum absolute atomic E-state index is 0.0317. The van der Waals surface area contributed by atoms with Crippen molar-refractivity contribution >= 4 is 23.9 Å². The predicted octanol–water partition coefficient (Wildman–Crippen LogP) is 3.57. The van der Waals surface area contributed by atoms with E-state index >= 15 is 0 Å². The van der Waals surface area contributed by atoms with Crippen molar-refractivity contribution in [2.45, 2.75) is 20.0 Å². The molecule has 0 aliphatic carbocycles. The third-order valence-electron chi connectivity index (χ3n) is 3.37. The van der Waals surface area contributed by atoms with E-state index in [0.717, 1.165) is 11.1 Å². The largest absolute Gasteiger partial charge is 0.474 e. The van der Waals surface area contributed by atoms with Crippen molar-refractivity contribution in [2.75, 3.05) is 0 Å². The van der Waals surface area contributed by atoms with Crippen LogP contribution in [0.25, 0.3) is 6.08 Å². The highest BCUT2D eigenvalue weighted by atomic mass is 16.6. The van der Waals surface area contributed by atoms with Gasteiger partial charge in [-0.05, 0) is 31.1 Å². The lowest BCUT2D eigenvalue weighted by Gasteiger charge is -2.12. The Balaban J connectivity index is 1.93. The maximum absolute atomic E-state index is 12.0. The minimum atomic E-state index is -0.938. The number of hydrogen-bond donors (Lipinski definition) is 1. The van der Waals surface area contributed by atoms with Crippen LogP contribution in [0.5, 0.6) is 5.75 Å². The number of nitro groups is 1. The predicted molar refractivity (Wildman–Crippen MR) is 99.9 cm³/mol. The van der Waals surface area contributed by atoms with Crippen LogP contribution in [0.3, 0.4) is 0 Å². The first-order chi connectivity index (χ1) is 12.5. The van der Waals surface area contributed by atoms with Crippen molar-refractivity contribution in [2.24, 2.45) is 5.10 Å². The molecule has 1 amide bonds. The Kier molecular flexibility index (Phi) is 6.61. The third-order valence-corrected chi connectivity index (χ3v) is 3.37. The van der Waals surface area contributed by atoms with Crippen LogP contribution < -0.4 is 10.2 Å². The quantitative estimate of drug-likeness (QED) is 0.468. The molecule has 7 nitrogen and oxygen atoms in total. The molecule has 1 atom stereocenters. The van der Waals surface area contributed by atoms with E-state index in [-0.39, 0.29) is 11.4 Å². The van der Waals surface area contributed by atoms with Crippen LogP contribution in [0, 0.1) is 10.1 Å². The van der Waals surface area contributed by atoms with Gasteiger partial charge in [0.2, 0.25) is 0 Å². The number of allylic oxidation sites excluding steroid dienone is 1. The number of ether oxygens (including phenoxy) is 1. The lowest BCUT2D eigenvalue weighted by atomic mass is 10.1. The minimum Gasteiger partial charge on any atom is -0.474 e. The van der Waals surface area contributed by atoms with Crippen molar-refractivity contribution in [1.82, 2.24) is 5.43 Å². The summed E-state index contributed by atoms with van der Waals surface area (Å²) in [6.07, 6.45) is 2.50. The smallest absolute Gasteiger partial charge is 0.310 e. The molecule has 2 aromatic carbocycles. The van der Waals surface area contributed by atoms with E-state index in [1.165, 1.54) is 31.3 Å². The Hall–Kier alpha value is -3.48. The number of nitro benzene ring substituents is 1. The fourth-order valence-electron chi connectivity index (χ4n) is 2.09. The van der Waals surface area contributed by atoms with E-state index < -0.39 is 16.9 Å². The van der Waals surface area contributed by atoms with Gasteiger partial charge < -0.3 is 4.74 Å². The van der Waals surface area contributed by atoms with Crippen molar-refractivity contribution < 1.29 is 14.5 Å². The first kappa shape index (κ1) is 18.9. The van der Waals surface area contributed by atoms with Crippen LogP contribution in [-0.4, -0.2) is 23.1 Å². The number of nitrogens with one attached hydrogen (secondary N) is 1. The average molecular weight is 353 g/mol. The number of amides is 1. The summed E-state index contributed by atoms with van der Waals surface area (Å²) in [6, 6.07) is 15.6. The van der Waals surface area contributed by atoms with Crippen LogP contribution in [-0.2, 0) is 4.79 Å². The zero-order valence-electron chi connectivity index (χ0n) is 14.5. The van der Waals surface area contributed by atoms with Gasteiger partial charge in [0.15, 0.2) is 11.9 Å². The maximum atomic E-state index is 12.0. The van der Waals surface area contributed by atoms with Gasteiger partial charge in [0.05, 0.1) is 11.1 Å². The molecular weight excluding hydrogens is 334 g/mol. The monoisotopic (exact) mass is 353 g/mol. The zero-order chi connectivity index (χ0) is 18.9. The maximum Gasteiger partial charge on any atom is 0.310 e. The molecule has 0 saturated carbocycles. The molecule has 26 heavy (non-hydrogen) atoms. The number of hydrogen-bond acceptors (Lipinski definition) is 5. The zero-order valence-corrected chi connectivity index (χ0v) is 14.5. The molecular formula is C19H19N3O4. The van der Waals surface area contributed by atoms with Gasteiger partial charge in [-0.2, -0.15) is 5.10 Å². The second-order valence-electron chi connectivity index (χ2n) is 5.52. The van der Waals surface area contributed by atoms with Crippen LogP contribution in [0.4, 0.5) is 5.69 Å². The number of benzene rings is 2. The fraction of sp³-hybridized carbons (Fsp3) is 0.158. The van der Waals surface area contributed by atoms with Gasteiger partial charge in [0, 0.05) is 6.07 Å². The molecule has 0 fully saturated rings. The van der Waals surface area contributed by atoms with E-state index in [0.29, 0.717) is 0 Å². The summed E-state index contributed by atoms with van der Waals surface area (Å²) >= 11 is 0. The molecule has 0 unspecified atom stereocenters. The Morgan fingerprint density at radius 2 is 1.85 bits per heavy atom. The standard InChI is InChI=1S/C19H19N3O4/c1-14(12-16-8-4-3-5-9-16)13-20-21-19(23)15(2)26-18-11-7-6-10-17(18)22(24)25/h3-13,15H,1-2H3,(H,21,23)/b14-12-,20-13-/t15-/m1/s1. The molecule has 2 aromatic rings. The lowest BCUT2D eigenvalue weighted by Crippen LogP contribution is -2.33.